The van der Waals surface area contributed by atoms with E-state index in [2.05, 4.69) is 10.2 Å². The molecule has 0 saturated carbocycles. The Morgan fingerprint density at radius 2 is 2.25 bits per heavy atom. The van der Waals surface area contributed by atoms with Crippen LogP contribution in [0, 0.1) is 6.92 Å². The Kier molecular flexibility index (Phi) is 4.80. The van der Waals surface area contributed by atoms with Crippen molar-refractivity contribution in [1.29, 1.82) is 0 Å². The molecule has 1 amide bonds. The molecule has 0 bridgehead atoms. The van der Waals surface area contributed by atoms with Crippen LogP contribution in [-0.4, -0.2) is 51.9 Å². The first-order chi connectivity index (χ1) is 11.6. The number of hydrogen-bond acceptors (Lipinski definition) is 5. The maximum atomic E-state index is 12.7. The summed E-state index contributed by atoms with van der Waals surface area (Å²) in [7, 11) is 3.54. The first-order valence-electron chi connectivity index (χ1n) is 7.94. The minimum absolute atomic E-state index is 0.00498. The van der Waals surface area contributed by atoms with E-state index in [1.807, 2.05) is 42.8 Å². The maximum Gasteiger partial charge on any atom is 0.261 e. The Hall–Kier alpha value is -2.41. The van der Waals surface area contributed by atoms with Crippen LogP contribution in [0.3, 0.4) is 0 Å². The summed E-state index contributed by atoms with van der Waals surface area (Å²) in [5.74, 6) is 1.38. The van der Waals surface area contributed by atoms with Crippen LogP contribution < -0.4 is 4.74 Å². The second-order valence-electron chi connectivity index (χ2n) is 6.06. The summed E-state index contributed by atoms with van der Waals surface area (Å²) in [6.07, 6.45) is 2.34. The Labute approximate surface area is 141 Å². The zero-order chi connectivity index (χ0) is 17.1. The average molecular weight is 330 g/mol. The molecule has 7 nitrogen and oxygen atoms in total. The van der Waals surface area contributed by atoms with Gasteiger partial charge in [0, 0.05) is 27.1 Å². The molecule has 0 unspecified atom stereocenters. The van der Waals surface area contributed by atoms with Crippen LogP contribution in [0.15, 0.2) is 30.6 Å². The van der Waals surface area contributed by atoms with Crippen molar-refractivity contribution < 1.29 is 14.3 Å². The number of nitrogens with zero attached hydrogens (tertiary/aromatic N) is 4. The first kappa shape index (κ1) is 16.4. The zero-order valence-electron chi connectivity index (χ0n) is 14.2. The fourth-order valence-corrected chi connectivity index (χ4v) is 3.02. The molecule has 7 heteroatoms. The highest BCUT2D eigenvalue weighted by Gasteiger charge is 2.38. The normalized spacial score (nSPS) is 20.4. The number of rotatable bonds is 5. The molecule has 3 rings (SSSR count). The number of ether oxygens (including phenoxy) is 2. The largest absolute Gasteiger partial charge is 0.484 e. The number of carbonyl (C=O) groups is 1. The fraction of sp³-hybridized carbons (Fsp3) is 0.471. The minimum Gasteiger partial charge on any atom is -0.484 e. The summed E-state index contributed by atoms with van der Waals surface area (Å²) in [5.41, 5.74) is 1.09. The molecule has 0 spiro atoms. The molecule has 1 aliphatic rings. The number of benzene rings is 1. The smallest absolute Gasteiger partial charge is 0.261 e. The summed E-state index contributed by atoms with van der Waals surface area (Å²) in [4.78, 5) is 14.4. The molecule has 0 radical (unpaired) electrons. The Morgan fingerprint density at radius 3 is 2.92 bits per heavy atom. The van der Waals surface area contributed by atoms with Gasteiger partial charge in [0.15, 0.2) is 12.4 Å². The van der Waals surface area contributed by atoms with E-state index in [0.717, 1.165) is 11.4 Å². The molecule has 0 aliphatic carbocycles. The molecule has 2 heterocycles. The fourth-order valence-electron chi connectivity index (χ4n) is 3.02. The SMILES string of the molecule is CO[C@@H]1C[C@@H](c2nncn2C)N(C(=O)COc2cccc(C)c2)C1. The van der Waals surface area contributed by atoms with E-state index >= 15 is 0 Å². The number of amides is 1. The lowest BCUT2D eigenvalue weighted by Gasteiger charge is -2.23. The maximum absolute atomic E-state index is 12.7. The summed E-state index contributed by atoms with van der Waals surface area (Å²) in [5, 5.41) is 8.07. The molecule has 2 aromatic rings. The lowest BCUT2D eigenvalue weighted by atomic mass is 10.2. The quantitative estimate of drug-likeness (QED) is 0.831. The van der Waals surface area contributed by atoms with Gasteiger partial charge in [0.25, 0.3) is 5.91 Å². The summed E-state index contributed by atoms with van der Waals surface area (Å²) < 4.78 is 12.9. The first-order valence-corrected chi connectivity index (χ1v) is 7.94. The Balaban J connectivity index is 1.70. The van der Waals surface area contributed by atoms with Crippen LogP contribution in [-0.2, 0) is 16.6 Å². The van der Waals surface area contributed by atoms with Gasteiger partial charge in [0.05, 0.1) is 12.1 Å². The van der Waals surface area contributed by atoms with Crippen LogP contribution in [0.2, 0.25) is 0 Å². The number of carbonyl (C=O) groups excluding carboxylic acids is 1. The van der Waals surface area contributed by atoms with Crippen LogP contribution in [0.1, 0.15) is 23.9 Å². The van der Waals surface area contributed by atoms with Crippen molar-refractivity contribution in [2.75, 3.05) is 20.3 Å². The highest BCUT2D eigenvalue weighted by atomic mass is 16.5. The molecule has 1 aromatic carbocycles. The predicted molar refractivity (Wildman–Crippen MR) is 87.5 cm³/mol. The molecule has 0 N–H and O–H groups in total. The number of hydrogen-bond donors (Lipinski definition) is 0. The van der Waals surface area contributed by atoms with Gasteiger partial charge in [-0.3, -0.25) is 4.79 Å². The second kappa shape index (κ2) is 7.00. The molecule has 24 heavy (non-hydrogen) atoms. The number of aryl methyl sites for hydroxylation is 2. The van der Waals surface area contributed by atoms with Gasteiger partial charge in [0.2, 0.25) is 0 Å². The predicted octanol–water partition coefficient (Wildman–Crippen LogP) is 1.49. The van der Waals surface area contributed by atoms with Gasteiger partial charge in [-0.25, -0.2) is 0 Å². The van der Waals surface area contributed by atoms with E-state index in [-0.39, 0.29) is 24.7 Å². The lowest BCUT2D eigenvalue weighted by molar-refractivity contribution is -0.134. The molecule has 1 aliphatic heterocycles. The van der Waals surface area contributed by atoms with E-state index in [0.29, 0.717) is 18.7 Å². The van der Waals surface area contributed by atoms with Crippen molar-refractivity contribution in [3.63, 3.8) is 0 Å². The van der Waals surface area contributed by atoms with Gasteiger partial charge in [-0.05, 0) is 24.6 Å². The van der Waals surface area contributed by atoms with E-state index in [9.17, 15) is 4.79 Å². The number of aromatic nitrogens is 3. The van der Waals surface area contributed by atoms with Crippen molar-refractivity contribution in [3.05, 3.63) is 42.0 Å². The van der Waals surface area contributed by atoms with Crippen LogP contribution in [0.25, 0.3) is 0 Å². The van der Waals surface area contributed by atoms with E-state index in [4.69, 9.17) is 9.47 Å². The van der Waals surface area contributed by atoms with Gasteiger partial charge in [0.1, 0.15) is 12.1 Å². The third kappa shape index (κ3) is 3.41. The minimum atomic E-state index is -0.143. The average Bonchev–Trinajstić information content (AvgIpc) is 3.18. The Bertz CT molecular complexity index is 715. The standard InChI is InChI=1S/C17H22N4O3/c1-12-5-4-6-13(7-12)24-10-16(22)21-9-14(23-3)8-15(21)17-19-18-11-20(17)2/h4-7,11,14-15H,8-10H2,1-3H3/t14-,15+/m1/s1. The topological polar surface area (TPSA) is 69.5 Å². The molecular formula is C17H22N4O3. The van der Waals surface area contributed by atoms with E-state index in [1.165, 1.54) is 0 Å². The van der Waals surface area contributed by atoms with Crippen molar-refractivity contribution in [1.82, 2.24) is 19.7 Å². The summed E-state index contributed by atoms with van der Waals surface area (Å²) in [6.45, 7) is 2.51. The summed E-state index contributed by atoms with van der Waals surface area (Å²) >= 11 is 0. The van der Waals surface area contributed by atoms with Crippen LogP contribution in [0.4, 0.5) is 0 Å². The third-order valence-corrected chi connectivity index (χ3v) is 4.31. The monoisotopic (exact) mass is 330 g/mol. The second-order valence-corrected chi connectivity index (χ2v) is 6.06. The van der Waals surface area contributed by atoms with Gasteiger partial charge >= 0.3 is 0 Å². The van der Waals surface area contributed by atoms with Crippen molar-refractivity contribution >= 4 is 5.91 Å². The molecule has 2 atom stereocenters. The zero-order valence-corrected chi connectivity index (χ0v) is 14.2. The van der Waals surface area contributed by atoms with Crippen molar-refractivity contribution in [2.24, 2.45) is 7.05 Å². The Morgan fingerprint density at radius 1 is 1.42 bits per heavy atom. The number of likely N-dealkylation sites (tertiary alicyclic amines) is 1. The van der Waals surface area contributed by atoms with Crippen molar-refractivity contribution in [2.45, 2.75) is 25.5 Å². The molecule has 1 saturated heterocycles. The van der Waals surface area contributed by atoms with E-state index in [1.54, 1.807) is 18.3 Å². The highest BCUT2D eigenvalue weighted by molar-refractivity contribution is 5.78. The highest BCUT2D eigenvalue weighted by Crippen LogP contribution is 2.32. The van der Waals surface area contributed by atoms with Crippen LogP contribution >= 0.6 is 0 Å². The number of methoxy groups -OCH3 is 1. The van der Waals surface area contributed by atoms with Gasteiger partial charge in [-0.1, -0.05) is 12.1 Å². The molecule has 1 aromatic heterocycles. The molecule has 1 fully saturated rings. The van der Waals surface area contributed by atoms with Gasteiger partial charge in [-0.15, -0.1) is 10.2 Å². The van der Waals surface area contributed by atoms with Crippen molar-refractivity contribution in [3.8, 4) is 5.75 Å². The summed E-state index contributed by atoms with van der Waals surface area (Å²) in [6, 6.07) is 7.52. The third-order valence-electron chi connectivity index (χ3n) is 4.31. The van der Waals surface area contributed by atoms with Gasteiger partial charge < -0.3 is 18.9 Å². The molecular weight excluding hydrogens is 308 g/mol. The molecule has 128 valence electrons. The van der Waals surface area contributed by atoms with Gasteiger partial charge in [-0.2, -0.15) is 0 Å². The van der Waals surface area contributed by atoms with Crippen LogP contribution in [0.5, 0.6) is 5.75 Å². The lowest BCUT2D eigenvalue weighted by Crippen LogP contribution is -2.36. The van der Waals surface area contributed by atoms with E-state index < -0.39 is 0 Å².